The zero-order chi connectivity index (χ0) is 14.8. The standard InChI is InChI=1S/C16H20O4/c1-3-16(15(18)19)10-6-9-13(16)20-14(17)12-8-5-4-7-11(12)2/h4-5,7-8,13H,3,6,9-10H2,1-2H3,(H,18,19). The molecule has 1 N–H and O–H groups in total. The second-order valence-corrected chi connectivity index (χ2v) is 5.42. The first-order valence-corrected chi connectivity index (χ1v) is 7.01. The van der Waals surface area contributed by atoms with E-state index in [0.29, 0.717) is 24.8 Å². The molecule has 0 amide bonds. The van der Waals surface area contributed by atoms with Crippen LogP contribution in [0, 0.1) is 12.3 Å². The third kappa shape index (κ3) is 2.42. The minimum Gasteiger partial charge on any atom is -0.481 e. The maximum absolute atomic E-state index is 12.2. The highest BCUT2D eigenvalue weighted by Crippen LogP contribution is 2.43. The molecule has 1 aromatic rings. The molecule has 4 nitrogen and oxygen atoms in total. The summed E-state index contributed by atoms with van der Waals surface area (Å²) in [5.41, 5.74) is 0.431. The third-order valence-corrected chi connectivity index (χ3v) is 4.38. The number of hydrogen-bond donors (Lipinski definition) is 1. The lowest BCUT2D eigenvalue weighted by atomic mass is 9.81. The summed E-state index contributed by atoms with van der Waals surface area (Å²) < 4.78 is 5.53. The number of aryl methyl sites for hydroxylation is 1. The second kappa shape index (κ2) is 5.65. The fraction of sp³-hybridized carbons (Fsp3) is 0.500. The van der Waals surface area contributed by atoms with Crippen LogP contribution >= 0.6 is 0 Å². The van der Waals surface area contributed by atoms with Crippen molar-refractivity contribution in [2.24, 2.45) is 5.41 Å². The van der Waals surface area contributed by atoms with Gasteiger partial charge in [0.2, 0.25) is 0 Å². The molecule has 0 saturated heterocycles. The molecule has 2 atom stereocenters. The molecule has 0 radical (unpaired) electrons. The van der Waals surface area contributed by atoms with E-state index in [0.717, 1.165) is 12.0 Å². The van der Waals surface area contributed by atoms with Gasteiger partial charge in [-0.05, 0) is 44.2 Å². The van der Waals surface area contributed by atoms with E-state index >= 15 is 0 Å². The number of carbonyl (C=O) groups is 2. The van der Waals surface area contributed by atoms with Crippen molar-refractivity contribution in [1.29, 1.82) is 0 Å². The van der Waals surface area contributed by atoms with Gasteiger partial charge in [-0.25, -0.2) is 4.79 Å². The van der Waals surface area contributed by atoms with Gasteiger partial charge in [0.15, 0.2) is 0 Å². The van der Waals surface area contributed by atoms with Crippen molar-refractivity contribution >= 4 is 11.9 Å². The van der Waals surface area contributed by atoms with E-state index in [2.05, 4.69) is 0 Å². The van der Waals surface area contributed by atoms with Gasteiger partial charge in [-0.3, -0.25) is 4.79 Å². The minimum atomic E-state index is -0.918. The molecule has 0 bridgehead atoms. The molecule has 2 rings (SSSR count). The fourth-order valence-electron chi connectivity index (χ4n) is 3.01. The van der Waals surface area contributed by atoms with E-state index in [1.807, 2.05) is 26.0 Å². The van der Waals surface area contributed by atoms with Crippen LogP contribution in [0.2, 0.25) is 0 Å². The van der Waals surface area contributed by atoms with Crippen LogP contribution in [0.1, 0.15) is 48.5 Å². The number of esters is 1. The van der Waals surface area contributed by atoms with Crippen molar-refractivity contribution < 1.29 is 19.4 Å². The summed E-state index contributed by atoms with van der Waals surface area (Å²) in [5.74, 6) is -1.28. The summed E-state index contributed by atoms with van der Waals surface area (Å²) in [5, 5.41) is 9.48. The van der Waals surface area contributed by atoms with E-state index in [9.17, 15) is 14.7 Å². The van der Waals surface area contributed by atoms with Crippen molar-refractivity contribution in [3.8, 4) is 0 Å². The molecule has 0 spiro atoms. The quantitative estimate of drug-likeness (QED) is 0.858. The fourth-order valence-corrected chi connectivity index (χ4v) is 3.01. The van der Waals surface area contributed by atoms with Crippen LogP contribution in [-0.4, -0.2) is 23.1 Å². The zero-order valence-electron chi connectivity index (χ0n) is 11.9. The number of carboxylic acids is 1. The Bertz CT molecular complexity index is 523. The van der Waals surface area contributed by atoms with Crippen molar-refractivity contribution in [3.63, 3.8) is 0 Å². The smallest absolute Gasteiger partial charge is 0.338 e. The molecule has 0 aromatic heterocycles. The van der Waals surface area contributed by atoms with Crippen LogP contribution in [0.4, 0.5) is 0 Å². The Morgan fingerprint density at radius 3 is 2.70 bits per heavy atom. The number of aliphatic carboxylic acids is 1. The summed E-state index contributed by atoms with van der Waals surface area (Å²) >= 11 is 0. The lowest BCUT2D eigenvalue weighted by molar-refractivity contribution is -0.155. The molecular weight excluding hydrogens is 256 g/mol. The zero-order valence-corrected chi connectivity index (χ0v) is 11.9. The van der Waals surface area contributed by atoms with Crippen molar-refractivity contribution in [3.05, 3.63) is 35.4 Å². The van der Waals surface area contributed by atoms with Gasteiger partial charge in [-0.2, -0.15) is 0 Å². The molecule has 20 heavy (non-hydrogen) atoms. The maximum atomic E-state index is 12.2. The average Bonchev–Trinajstić information content (AvgIpc) is 2.83. The van der Waals surface area contributed by atoms with Crippen molar-refractivity contribution in [1.82, 2.24) is 0 Å². The van der Waals surface area contributed by atoms with Gasteiger partial charge < -0.3 is 9.84 Å². The van der Waals surface area contributed by atoms with Crippen LogP contribution in [0.15, 0.2) is 24.3 Å². The number of carbonyl (C=O) groups excluding carboxylic acids is 1. The Morgan fingerprint density at radius 1 is 1.40 bits per heavy atom. The Kier molecular flexibility index (Phi) is 4.12. The van der Waals surface area contributed by atoms with Crippen LogP contribution < -0.4 is 0 Å². The van der Waals surface area contributed by atoms with Crippen molar-refractivity contribution in [2.75, 3.05) is 0 Å². The van der Waals surface area contributed by atoms with Gasteiger partial charge in [0.1, 0.15) is 11.5 Å². The number of hydrogen-bond acceptors (Lipinski definition) is 3. The maximum Gasteiger partial charge on any atom is 0.338 e. The van der Waals surface area contributed by atoms with Gasteiger partial charge >= 0.3 is 11.9 Å². The Hall–Kier alpha value is -1.84. The van der Waals surface area contributed by atoms with Crippen LogP contribution in [0.5, 0.6) is 0 Å². The summed E-state index contributed by atoms with van der Waals surface area (Å²) in [4.78, 5) is 23.8. The van der Waals surface area contributed by atoms with Gasteiger partial charge in [-0.15, -0.1) is 0 Å². The topological polar surface area (TPSA) is 63.6 Å². The van der Waals surface area contributed by atoms with Gasteiger partial charge in [0.25, 0.3) is 0 Å². The van der Waals surface area contributed by atoms with E-state index < -0.39 is 23.5 Å². The summed E-state index contributed by atoms with van der Waals surface area (Å²) in [7, 11) is 0. The summed E-state index contributed by atoms with van der Waals surface area (Å²) in [6, 6.07) is 7.19. The number of rotatable bonds is 4. The van der Waals surface area contributed by atoms with E-state index in [1.54, 1.807) is 12.1 Å². The first-order chi connectivity index (χ1) is 9.51. The Labute approximate surface area is 118 Å². The highest BCUT2D eigenvalue weighted by molar-refractivity contribution is 5.91. The van der Waals surface area contributed by atoms with Crippen molar-refractivity contribution in [2.45, 2.75) is 45.6 Å². The molecule has 1 aliphatic carbocycles. The van der Waals surface area contributed by atoms with Gasteiger partial charge in [0, 0.05) is 0 Å². The number of carboxylic acid groups (broad SMARTS) is 1. The molecule has 0 aliphatic heterocycles. The molecule has 1 aromatic carbocycles. The normalized spacial score (nSPS) is 25.4. The monoisotopic (exact) mass is 276 g/mol. The molecule has 4 heteroatoms. The minimum absolute atomic E-state index is 0.422. The predicted octanol–water partition coefficient (Wildman–Crippen LogP) is 3.19. The van der Waals surface area contributed by atoms with Gasteiger partial charge in [0.05, 0.1) is 5.56 Å². The van der Waals surface area contributed by atoms with Crippen LogP contribution in [0.25, 0.3) is 0 Å². The molecule has 2 unspecified atom stereocenters. The molecule has 0 heterocycles. The highest BCUT2D eigenvalue weighted by Gasteiger charge is 2.50. The summed E-state index contributed by atoms with van der Waals surface area (Å²) in [6.45, 7) is 3.68. The third-order valence-electron chi connectivity index (χ3n) is 4.38. The van der Waals surface area contributed by atoms with Crippen LogP contribution in [-0.2, 0) is 9.53 Å². The van der Waals surface area contributed by atoms with E-state index in [4.69, 9.17) is 4.74 Å². The predicted molar refractivity (Wildman–Crippen MR) is 74.6 cm³/mol. The first kappa shape index (κ1) is 14.6. The lowest BCUT2D eigenvalue weighted by Gasteiger charge is -2.29. The van der Waals surface area contributed by atoms with E-state index in [-0.39, 0.29) is 0 Å². The Balaban J connectivity index is 2.19. The lowest BCUT2D eigenvalue weighted by Crippen LogP contribution is -2.40. The van der Waals surface area contributed by atoms with Gasteiger partial charge in [-0.1, -0.05) is 25.1 Å². The Morgan fingerprint density at radius 2 is 2.10 bits per heavy atom. The molecule has 1 fully saturated rings. The average molecular weight is 276 g/mol. The largest absolute Gasteiger partial charge is 0.481 e. The molecule has 108 valence electrons. The molecule has 1 aliphatic rings. The second-order valence-electron chi connectivity index (χ2n) is 5.42. The van der Waals surface area contributed by atoms with E-state index in [1.165, 1.54) is 0 Å². The molecule has 1 saturated carbocycles. The number of benzene rings is 1. The van der Waals surface area contributed by atoms with Crippen LogP contribution in [0.3, 0.4) is 0 Å². The summed E-state index contributed by atoms with van der Waals surface area (Å²) in [6.07, 6.45) is 1.93. The highest BCUT2D eigenvalue weighted by atomic mass is 16.5. The SMILES string of the molecule is CCC1(C(=O)O)CCCC1OC(=O)c1ccccc1C. The molecular formula is C16H20O4. The first-order valence-electron chi connectivity index (χ1n) is 7.01. The number of ether oxygens (including phenoxy) is 1.